The minimum Gasteiger partial charge on any atom is -0.495 e. The molecule has 2 aromatic heterocycles. The number of amides is 1. The molecule has 0 saturated carbocycles. The summed E-state index contributed by atoms with van der Waals surface area (Å²) in [6, 6.07) is 22.6. The molecule has 1 aliphatic heterocycles. The Morgan fingerprint density at radius 1 is 1.00 bits per heavy atom. The van der Waals surface area contributed by atoms with Crippen LogP contribution in [-0.4, -0.2) is 57.6 Å². The lowest BCUT2D eigenvalue weighted by molar-refractivity contribution is -0.119. The van der Waals surface area contributed by atoms with Gasteiger partial charge in [0.1, 0.15) is 23.5 Å². The number of anilines is 2. The van der Waals surface area contributed by atoms with Gasteiger partial charge in [-0.25, -0.2) is 13.3 Å². The second kappa shape index (κ2) is 11.6. The number of alkyl halides is 1. The van der Waals surface area contributed by atoms with Crippen LogP contribution in [0.5, 0.6) is 5.75 Å². The Balaban J connectivity index is 1.14. The first kappa shape index (κ1) is 28.0. The SMILES string of the molecule is COc1cc(C(=O)N2CC(F)C2)ccc1Nc1nc2ccc(-c3ccc(CC(=O)C(C)c4ccc(F)cc4)cc3)cn2n1. The second-order valence-corrected chi connectivity index (χ2v) is 10.6. The number of halogens is 2. The molecule has 1 aliphatic rings. The van der Waals surface area contributed by atoms with Gasteiger partial charge in [0.25, 0.3) is 5.91 Å². The molecule has 0 aliphatic carbocycles. The van der Waals surface area contributed by atoms with Gasteiger partial charge in [0.15, 0.2) is 5.65 Å². The van der Waals surface area contributed by atoms with E-state index in [-0.39, 0.29) is 42.9 Å². The first-order chi connectivity index (χ1) is 20.8. The third-order valence-electron chi connectivity index (χ3n) is 7.67. The summed E-state index contributed by atoms with van der Waals surface area (Å²) in [5, 5.41) is 7.70. The molecule has 1 N–H and O–H groups in total. The van der Waals surface area contributed by atoms with Gasteiger partial charge in [-0.15, -0.1) is 5.10 Å². The van der Waals surface area contributed by atoms with Gasteiger partial charge in [0.2, 0.25) is 5.95 Å². The highest BCUT2D eigenvalue weighted by atomic mass is 19.1. The number of hydrogen-bond acceptors (Lipinski definition) is 6. The zero-order chi connectivity index (χ0) is 30.1. The molecule has 0 bridgehead atoms. The number of Topliss-reactive ketones (excluding diaryl/α,β-unsaturated/α-hetero) is 1. The maximum Gasteiger partial charge on any atom is 0.254 e. The molecule has 8 nitrogen and oxygen atoms in total. The maximum absolute atomic E-state index is 13.2. The van der Waals surface area contributed by atoms with Crippen molar-refractivity contribution in [1.82, 2.24) is 19.5 Å². The van der Waals surface area contributed by atoms with Crippen LogP contribution in [0.15, 0.2) is 85.1 Å². The maximum atomic E-state index is 13.2. The third-order valence-corrected chi connectivity index (χ3v) is 7.67. The van der Waals surface area contributed by atoms with E-state index < -0.39 is 6.17 Å². The molecule has 1 fully saturated rings. The molecule has 10 heteroatoms. The predicted octanol–water partition coefficient (Wildman–Crippen LogP) is 6.00. The van der Waals surface area contributed by atoms with Crippen LogP contribution in [0, 0.1) is 5.82 Å². The van der Waals surface area contributed by atoms with Crippen LogP contribution in [0.3, 0.4) is 0 Å². The summed E-state index contributed by atoms with van der Waals surface area (Å²) in [4.78, 5) is 31.4. The van der Waals surface area contributed by atoms with Crippen LogP contribution in [0.4, 0.5) is 20.4 Å². The van der Waals surface area contributed by atoms with E-state index in [1.807, 2.05) is 49.5 Å². The van der Waals surface area contributed by atoms with Crippen LogP contribution < -0.4 is 10.1 Å². The molecule has 1 atom stereocenters. The molecule has 3 aromatic carbocycles. The number of aromatic nitrogens is 3. The van der Waals surface area contributed by atoms with Crippen molar-refractivity contribution in [2.24, 2.45) is 0 Å². The minimum atomic E-state index is -0.965. The molecule has 0 spiro atoms. The average molecular weight is 582 g/mol. The second-order valence-electron chi connectivity index (χ2n) is 10.6. The quantitative estimate of drug-likeness (QED) is 0.230. The Hall–Kier alpha value is -5.12. The molecule has 5 aromatic rings. The first-order valence-electron chi connectivity index (χ1n) is 13.9. The largest absolute Gasteiger partial charge is 0.495 e. The molecule has 1 unspecified atom stereocenters. The van der Waals surface area contributed by atoms with Gasteiger partial charge in [-0.1, -0.05) is 43.3 Å². The van der Waals surface area contributed by atoms with Gasteiger partial charge in [-0.05, 0) is 59.2 Å². The summed E-state index contributed by atoms with van der Waals surface area (Å²) in [5.41, 5.74) is 5.20. The zero-order valence-electron chi connectivity index (χ0n) is 23.6. The van der Waals surface area contributed by atoms with Gasteiger partial charge in [-0.2, -0.15) is 4.98 Å². The fourth-order valence-corrected chi connectivity index (χ4v) is 5.03. The number of nitrogens with one attached hydrogen (secondary N) is 1. The van der Waals surface area contributed by atoms with Crippen molar-refractivity contribution in [1.29, 1.82) is 0 Å². The van der Waals surface area contributed by atoms with Crippen molar-refractivity contribution in [3.05, 3.63) is 108 Å². The summed E-state index contributed by atoms with van der Waals surface area (Å²) in [5.74, 6) is -0.0369. The highest BCUT2D eigenvalue weighted by molar-refractivity contribution is 5.96. The fourth-order valence-electron chi connectivity index (χ4n) is 5.03. The Morgan fingerprint density at radius 3 is 2.42 bits per heavy atom. The molecular formula is C33H29F2N5O3. The van der Waals surface area contributed by atoms with Gasteiger partial charge < -0.3 is 15.0 Å². The van der Waals surface area contributed by atoms with Crippen molar-refractivity contribution in [3.8, 4) is 16.9 Å². The standard InChI is InChI=1S/C33H29F2N5O3/c1-20(22-7-11-26(34)12-8-22)29(41)15-21-3-5-23(6-4-21)25-10-14-31-37-33(38-40(31)17-25)36-28-13-9-24(16-30(28)43-2)32(42)39-18-27(35)19-39/h3-14,16-17,20,27H,15,18-19H2,1-2H3,(H,36,38). The number of pyridine rings is 1. The number of hydrogen-bond donors (Lipinski definition) is 1. The zero-order valence-corrected chi connectivity index (χ0v) is 23.6. The smallest absolute Gasteiger partial charge is 0.254 e. The van der Waals surface area contributed by atoms with Crippen molar-refractivity contribution >= 4 is 29.0 Å². The lowest BCUT2D eigenvalue weighted by Crippen LogP contribution is -2.51. The van der Waals surface area contributed by atoms with Crippen LogP contribution in [0.1, 0.15) is 34.3 Å². The predicted molar refractivity (Wildman–Crippen MR) is 159 cm³/mol. The summed E-state index contributed by atoms with van der Waals surface area (Å²) in [6.45, 7) is 2.05. The Kier molecular flexibility index (Phi) is 7.58. The van der Waals surface area contributed by atoms with Crippen LogP contribution in [-0.2, 0) is 11.2 Å². The first-order valence-corrected chi connectivity index (χ1v) is 13.9. The van der Waals surface area contributed by atoms with E-state index in [0.29, 0.717) is 28.6 Å². The number of nitrogens with zero attached hydrogens (tertiary/aromatic N) is 4. The number of ketones is 1. The van der Waals surface area contributed by atoms with Crippen LogP contribution in [0.2, 0.25) is 0 Å². The van der Waals surface area contributed by atoms with Crippen molar-refractivity contribution in [2.45, 2.75) is 25.4 Å². The average Bonchev–Trinajstić information content (AvgIpc) is 3.41. The Morgan fingerprint density at radius 2 is 1.72 bits per heavy atom. The highest BCUT2D eigenvalue weighted by Gasteiger charge is 2.31. The lowest BCUT2D eigenvalue weighted by Gasteiger charge is -2.34. The third kappa shape index (κ3) is 5.94. The Labute approximate surface area is 246 Å². The fraction of sp³-hybridized carbons (Fsp3) is 0.212. The van der Waals surface area contributed by atoms with Gasteiger partial charge in [-0.3, -0.25) is 9.59 Å². The van der Waals surface area contributed by atoms with Gasteiger partial charge in [0.05, 0.1) is 25.9 Å². The number of likely N-dealkylation sites (tertiary alicyclic amines) is 1. The molecule has 3 heterocycles. The van der Waals surface area contributed by atoms with E-state index in [1.165, 1.54) is 24.1 Å². The number of methoxy groups -OCH3 is 1. The number of carbonyl (C=O) groups is 2. The molecule has 0 radical (unpaired) electrons. The van der Waals surface area contributed by atoms with Crippen LogP contribution >= 0.6 is 0 Å². The van der Waals surface area contributed by atoms with E-state index in [2.05, 4.69) is 15.4 Å². The van der Waals surface area contributed by atoms with Crippen molar-refractivity contribution in [3.63, 3.8) is 0 Å². The number of benzene rings is 3. The Bertz CT molecular complexity index is 1800. The normalized spacial score (nSPS) is 13.9. The van der Waals surface area contributed by atoms with Gasteiger partial charge >= 0.3 is 0 Å². The molecule has 43 heavy (non-hydrogen) atoms. The lowest BCUT2D eigenvalue weighted by atomic mass is 9.92. The molecule has 1 amide bonds. The van der Waals surface area contributed by atoms with Crippen molar-refractivity contribution in [2.75, 3.05) is 25.5 Å². The number of rotatable bonds is 9. The summed E-state index contributed by atoms with van der Waals surface area (Å²) in [6.07, 6.45) is 1.19. The monoisotopic (exact) mass is 581 g/mol. The number of carbonyl (C=O) groups excluding carboxylic acids is 2. The number of ether oxygens (including phenoxy) is 1. The van der Waals surface area contributed by atoms with E-state index in [1.54, 1.807) is 34.8 Å². The molecule has 6 rings (SSSR count). The summed E-state index contributed by atoms with van der Waals surface area (Å²) in [7, 11) is 1.51. The van der Waals surface area contributed by atoms with Crippen molar-refractivity contribution < 1.29 is 23.1 Å². The van der Waals surface area contributed by atoms with E-state index in [9.17, 15) is 18.4 Å². The van der Waals surface area contributed by atoms with E-state index in [0.717, 1.165) is 22.3 Å². The van der Waals surface area contributed by atoms with Gasteiger partial charge in [0, 0.05) is 29.7 Å². The topological polar surface area (TPSA) is 88.8 Å². The minimum absolute atomic E-state index is 0.0624. The highest BCUT2D eigenvalue weighted by Crippen LogP contribution is 2.30. The van der Waals surface area contributed by atoms with Crippen LogP contribution in [0.25, 0.3) is 16.8 Å². The molecule has 218 valence electrons. The van der Waals surface area contributed by atoms with E-state index in [4.69, 9.17) is 4.74 Å². The van der Waals surface area contributed by atoms with E-state index >= 15 is 0 Å². The summed E-state index contributed by atoms with van der Waals surface area (Å²) >= 11 is 0. The number of fused-ring (bicyclic) bond motifs is 1. The summed E-state index contributed by atoms with van der Waals surface area (Å²) < 4.78 is 33.6. The molecular weight excluding hydrogens is 552 g/mol. The molecule has 1 saturated heterocycles.